The molecule has 0 aliphatic rings. The Morgan fingerprint density at radius 2 is 1.72 bits per heavy atom. The van der Waals surface area contributed by atoms with Crippen molar-refractivity contribution in [3.8, 4) is 34.3 Å². The van der Waals surface area contributed by atoms with Crippen molar-refractivity contribution in [2.75, 3.05) is 7.05 Å². The Labute approximate surface area is 172 Å². The van der Waals surface area contributed by atoms with E-state index in [9.17, 15) is 13.2 Å². The molecule has 1 amide bonds. The standard InChI is InChI=1S/C19H15ClN4O4S/c1-23(26)18(25)10-11-24-12-17(13-2-6-15(20)7-3-13)19(22-24)14-4-8-16(9-5-14)29(21,27)28/h2-9,12,26H,1H3,(H2,21,27,28). The maximum atomic E-state index is 11.5. The second-order valence-electron chi connectivity index (χ2n) is 5.98. The molecule has 0 bridgehead atoms. The zero-order valence-electron chi connectivity index (χ0n) is 15.1. The average Bonchev–Trinajstić information content (AvgIpc) is 3.10. The molecule has 10 heteroatoms. The molecule has 0 fully saturated rings. The van der Waals surface area contributed by atoms with Crippen molar-refractivity contribution in [2.45, 2.75) is 4.90 Å². The molecule has 0 aliphatic heterocycles. The molecule has 148 valence electrons. The summed E-state index contributed by atoms with van der Waals surface area (Å²) in [5.74, 6) is 1.45. The van der Waals surface area contributed by atoms with Gasteiger partial charge < -0.3 is 0 Å². The summed E-state index contributed by atoms with van der Waals surface area (Å²) in [7, 11) is -2.65. The number of hydrogen-bond acceptors (Lipinski definition) is 5. The van der Waals surface area contributed by atoms with E-state index in [0.717, 1.165) is 12.6 Å². The molecule has 0 aliphatic carbocycles. The van der Waals surface area contributed by atoms with Gasteiger partial charge in [0.15, 0.2) is 0 Å². The first-order valence-electron chi connectivity index (χ1n) is 8.12. The molecule has 1 heterocycles. The van der Waals surface area contributed by atoms with Gasteiger partial charge in [-0.3, -0.25) is 10.0 Å². The number of carbonyl (C=O) groups excluding carboxylic acids is 1. The number of sulfonamides is 1. The summed E-state index contributed by atoms with van der Waals surface area (Å²) in [6, 6.07) is 15.5. The van der Waals surface area contributed by atoms with E-state index in [1.54, 1.807) is 42.6 Å². The van der Waals surface area contributed by atoms with Gasteiger partial charge in [-0.2, -0.15) is 9.78 Å². The fourth-order valence-corrected chi connectivity index (χ4v) is 3.12. The number of nitrogens with two attached hydrogens (primary N) is 1. The van der Waals surface area contributed by atoms with Crippen molar-refractivity contribution in [1.82, 2.24) is 14.8 Å². The van der Waals surface area contributed by atoms with Gasteiger partial charge in [0.2, 0.25) is 10.0 Å². The highest BCUT2D eigenvalue weighted by Crippen LogP contribution is 2.32. The van der Waals surface area contributed by atoms with Gasteiger partial charge >= 0.3 is 5.91 Å². The van der Waals surface area contributed by atoms with Gasteiger partial charge in [-0.25, -0.2) is 18.6 Å². The van der Waals surface area contributed by atoms with Gasteiger partial charge in [0.1, 0.15) is 5.69 Å². The van der Waals surface area contributed by atoms with Crippen LogP contribution in [0.1, 0.15) is 0 Å². The Kier molecular flexibility index (Phi) is 5.72. The van der Waals surface area contributed by atoms with Gasteiger partial charge in [-0.1, -0.05) is 35.9 Å². The summed E-state index contributed by atoms with van der Waals surface area (Å²) in [5, 5.41) is 19.6. The molecule has 0 unspecified atom stereocenters. The van der Waals surface area contributed by atoms with E-state index < -0.39 is 15.9 Å². The number of aromatic nitrogens is 2. The SMILES string of the molecule is CN(O)C(=O)C#Cn1cc(-c2ccc(Cl)cc2)c(-c2ccc(S(N)(=O)=O)cc2)n1. The molecule has 3 rings (SSSR count). The lowest BCUT2D eigenvalue weighted by molar-refractivity contribution is -0.152. The normalized spacial score (nSPS) is 10.9. The lowest BCUT2D eigenvalue weighted by Gasteiger charge is -2.04. The van der Waals surface area contributed by atoms with Crippen LogP contribution in [0.5, 0.6) is 0 Å². The highest BCUT2D eigenvalue weighted by molar-refractivity contribution is 7.89. The number of primary sulfonamides is 1. The molecule has 29 heavy (non-hydrogen) atoms. The summed E-state index contributed by atoms with van der Waals surface area (Å²) in [4.78, 5) is 11.5. The first-order chi connectivity index (χ1) is 13.6. The number of hydrogen-bond donors (Lipinski definition) is 2. The molecular formula is C19H15ClN4O4S. The third-order valence-electron chi connectivity index (χ3n) is 3.90. The van der Waals surface area contributed by atoms with E-state index >= 15 is 0 Å². The van der Waals surface area contributed by atoms with Crippen LogP contribution >= 0.6 is 11.6 Å². The Hall–Kier alpha value is -3.16. The number of benzene rings is 2. The summed E-state index contributed by atoms with van der Waals surface area (Å²) in [6.45, 7) is 0. The van der Waals surface area contributed by atoms with E-state index in [1.165, 1.54) is 16.8 Å². The number of hydroxylamine groups is 2. The largest absolute Gasteiger partial charge is 0.323 e. The van der Waals surface area contributed by atoms with E-state index in [0.29, 0.717) is 26.9 Å². The van der Waals surface area contributed by atoms with Crippen molar-refractivity contribution in [2.24, 2.45) is 5.14 Å². The molecule has 0 spiro atoms. The molecule has 3 aromatic rings. The summed E-state index contributed by atoms with van der Waals surface area (Å²) in [5.41, 5.74) is 2.60. The molecule has 1 aromatic heterocycles. The quantitative estimate of drug-likeness (QED) is 0.375. The van der Waals surface area contributed by atoms with E-state index in [-0.39, 0.29) is 4.90 Å². The Morgan fingerprint density at radius 3 is 2.28 bits per heavy atom. The van der Waals surface area contributed by atoms with Crippen molar-refractivity contribution in [3.63, 3.8) is 0 Å². The zero-order valence-corrected chi connectivity index (χ0v) is 16.6. The van der Waals surface area contributed by atoms with E-state index in [1.807, 2.05) is 0 Å². The van der Waals surface area contributed by atoms with Crippen LogP contribution in [0.2, 0.25) is 5.02 Å². The van der Waals surface area contributed by atoms with Crippen LogP contribution in [-0.2, 0) is 14.8 Å². The van der Waals surface area contributed by atoms with Crippen molar-refractivity contribution in [3.05, 3.63) is 59.8 Å². The maximum absolute atomic E-state index is 11.5. The summed E-state index contributed by atoms with van der Waals surface area (Å²) in [6.07, 6.45) is 1.61. The first-order valence-corrected chi connectivity index (χ1v) is 10.0. The van der Waals surface area contributed by atoms with E-state index in [2.05, 4.69) is 17.1 Å². The van der Waals surface area contributed by atoms with Crippen LogP contribution in [0.15, 0.2) is 59.6 Å². The van der Waals surface area contributed by atoms with Crippen molar-refractivity contribution >= 4 is 27.5 Å². The van der Waals surface area contributed by atoms with Gasteiger partial charge in [0.25, 0.3) is 0 Å². The van der Waals surface area contributed by atoms with Crippen molar-refractivity contribution < 1.29 is 18.4 Å². The second-order valence-corrected chi connectivity index (χ2v) is 7.98. The molecule has 2 aromatic carbocycles. The fraction of sp³-hybridized carbons (Fsp3) is 0.0526. The Bertz CT molecular complexity index is 1220. The van der Waals surface area contributed by atoms with Crippen LogP contribution in [-0.4, -0.2) is 41.4 Å². The topological polar surface area (TPSA) is 119 Å². The molecule has 3 N–H and O–H groups in total. The van der Waals surface area contributed by atoms with Gasteiger partial charge in [-0.05, 0) is 29.8 Å². The molecule has 0 saturated carbocycles. The highest BCUT2D eigenvalue weighted by Gasteiger charge is 2.15. The number of carbonyl (C=O) groups is 1. The van der Waals surface area contributed by atoms with Crippen molar-refractivity contribution in [1.29, 1.82) is 0 Å². The van der Waals surface area contributed by atoms with Crippen LogP contribution in [0.25, 0.3) is 22.4 Å². The molecule has 8 nitrogen and oxygen atoms in total. The molecule has 0 atom stereocenters. The van der Waals surface area contributed by atoms with Crippen LogP contribution in [0.3, 0.4) is 0 Å². The lowest BCUT2D eigenvalue weighted by Crippen LogP contribution is -2.20. The average molecular weight is 431 g/mol. The monoisotopic (exact) mass is 430 g/mol. The highest BCUT2D eigenvalue weighted by atomic mass is 35.5. The molecule has 0 radical (unpaired) electrons. The number of halogens is 1. The predicted molar refractivity (Wildman–Crippen MR) is 107 cm³/mol. The third-order valence-corrected chi connectivity index (χ3v) is 5.08. The molecular weight excluding hydrogens is 416 g/mol. The summed E-state index contributed by atoms with van der Waals surface area (Å²) >= 11 is 5.96. The second kappa shape index (κ2) is 8.06. The summed E-state index contributed by atoms with van der Waals surface area (Å²) < 4.78 is 24.2. The Balaban J connectivity index is 2.11. The minimum atomic E-state index is -3.82. The molecule has 0 saturated heterocycles. The van der Waals surface area contributed by atoms with E-state index in [4.69, 9.17) is 21.9 Å². The fourth-order valence-electron chi connectivity index (χ4n) is 2.47. The van der Waals surface area contributed by atoms with Crippen LogP contribution < -0.4 is 5.14 Å². The minimum absolute atomic E-state index is 0.0231. The maximum Gasteiger partial charge on any atom is 0.323 e. The minimum Gasteiger partial charge on any atom is -0.285 e. The number of rotatable bonds is 3. The van der Waals surface area contributed by atoms with Crippen LogP contribution in [0, 0.1) is 12.0 Å². The van der Waals surface area contributed by atoms with Gasteiger partial charge in [0, 0.05) is 41.4 Å². The Morgan fingerprint density at radius 1 is 1.14 bits per heavy atom. The van der Waals surface area contributed by atoms with Gasteiger partial charge in [-0.15, -0.1) is 0 Å². The third kappa shape index (κ3) is 4.82. The first kappa shape index (κ1) is 20.6. The van der Waals surface area contributed by atoms with Gasteiger partial charge in [0.05, 0.1) is 4.90 Å². The number of amides is 1. The lowest BCUT2D eigenvalue weighted by atomic mass is 10.0. The smallest absolute Gasteiger partial charge is 0.285 e. The zero-order chi connectivity index (χ0) is 21.2. The van der Waals surface area contributed by atoms with Crippen LogP contribution in [0.4, 0.5) is 0 Å². The predicted octanol–water partition coefficient (Wildman–Crippen LogP) is 2.17. The number of nitrogens with zero attached hydrogens (tertiary/aromatic N) is 3.